The van der Waals surface area contributed by atoms with Gasteiger partial charge in [-0.05, 0) is 56.9 Å². The fourth-order valence-electron chi connectivity index (χ4n) is 3.96. The first-order chi connectivity index (χ1) is 13.0. The van der Waals surface area contributed by atoms with Gasteiger partial charge in [-0.25, -0.2) is 0 Å². The Morgan fingerprint density at radius 2 is 1.74 bits per heavy atom. The van der Waals surface area contributed by atoms with Crippen molar-refractivity contribution < 1.29 is 19.5 Å². The van der Waals surface area contributed by atoms with E-state index in [2.05, 4.69) is 10.6 Å². The van der Waals surface area contributed by atoms with Crippen LogP contribution in [0.3, 0.4) is 0 Å². The summed E-state index contributed by atoms with van der Waals surface area (Å²) in [7, 11) is 0. The van der Waals surface area contributed by atoms with E-state index in [4.69, 9.17) is 0 Å². The molecule has 1 heterocycles. The Labute approximate surface area is 162 Å². The van der Waals surface area contributed by atoms with E-state index in [9.17, 15) is 19.5 Å². The van der Waals surface area contributed by atoms with Crippen LogP contribution in [0.2, 0.25) is 0 Å². The predicted molar refractivity (Wildman–Crippen MR) is 103 cm³/mol. The van der Waals surface area contributed by atoms with Gasteiger partial charge in [-0.15, -0.1) is 11.3 Å². The Hall–Kier alpha value is -2.15. The first-order valence-corrected chi connectivity index (χ1v) is 10.5. The molecule has 3 N–H and O–H groups in total. The van der Waals surface area contributed by atoms with E-state index < -0.39 is 17.8 Å². The van der Waals surface area contributed by atoms with Gasteiger partial charge >= 0.3 is 5.97 Å². The van der Waals surface area contributed by atoms with Gasteiger partial charge < -0.3 is 15.7 Å². The maximum atomic E-state index is 12.9. The van der Waals surface area contributed by atoms with E-state index in [-0.39, 0.29) is 17.9 Å². The molecule has 0 unspecified atom stereocenters. The number of carbonyl (C=O) groups excluding carboxylic acids is 2. The molecule has 0 radical (unpaired) electrons. The Kier molecular flexibility index (Phi) is 5.04. The van der Waals surface area contributed by atoms with Crippen molar-refractivity contribution in [1.82, 2.24) is 5.32 Å². The van der Waals surface area contributed by atoms with Crippen LogP contribution in [0.1, 0.15) is 59.3 Å². The number of carboxylic acid groups (broad SMARTS) is 1. The zero-order valence-corrected chi connectivity index (χ0v) is 15.9. The first kappa shape index (κ1) is 18.2. The van der Waals surface area contributed by atoms with Gasteiger partial charge in [0, 0.05) is 10.9 Å². The lowest BCUT2D eigenvalue weighted by atomic mass is 9.82. The fraction of sp³-hybridized carbons (Fsp3) is 0.550. The van der Waals surface area contributed by atoms with Crippen molar-refractivity contribution in [2.45, 2.75) is 57.4 Å². The molecule has 1 fully saturated rings. The Balaban J connectivity index is 1.59. The standard InChI is InChI=1S/C20H24N2O4S/c23-17(12-5-1-2-6-13(12)20(25)26)22-19-16(18(24)21-11-9-10-11)14-7-3-4-8-15(14)27-19/h1-2,11-13H,3-10H2,(H,21,24)(H,22,23)(H,25,26)/t12-,13-/m1/s1. The molecule has 2 atom stereocenters. The molecule has 0 spiro atoms. The highest BCUT2D eigenvalue weighted by molar-refractivity contribution is 7.17. The minimum atomic E-state index is -0.948. The summed E-state index contributed by atoms with van der Waals surface area (Å²) in [5.74, 6) is -2.67. The molecule has 3 aliphatic rings. The van der Waals surface area contributed by atoms with Gasteiger partial charge in [0.2, 0.25) is 5.91 Å². The highest BCUT2D eigenvalue weighted by Crippen LogP contribution is 2.39. The molecule has 0 saturated heterocycles. The van der Waals surface area contributed by atoms with Crippen LogP contribution in [0.4, 0.5) is 5.00 Å². The predicted octanol–water partition coefficient (Wildman–Crippen LogP) is 3.12. The van der Waals surface area contributed by atoms with Crippen LogP contribution in [0.5, 0.6) is 0 Å². The van der Waals surface area contributed by atoms with Gasteiger partial charge in [0.15, 0.2) is 0 Å². The molecular formula is C20H24N2O4S. The van der Waals surface area contributed by atoms with Crippen LogP contribution in [0, 0.1) is 11.8 Å². The largest absolute Gasteiger partial charge is 0.481 e. The van der Waals surface area contributed by atoms with E-state index >= 15 is 0 Å². The molecule has 4 rings (SSSR count). The van der Waals surface area contributed by atoms with Crippen molar-refractivity contribution in [2.75, 3.05) is 5.32 Å². The molecule has 0 bridgehead atoms. The fourth-order valence-corrected chi connectivity index (χ4v) is 5.25. The van der Waals surface area contributed by atoms with E-state index in [1.165, 1.54) is 16.2 Å². The number of fused-ring (bicyclic) bond motifs is 1. The average molecular weight is 388 g/mol. The molecule has 144 valence electrons. The lowest BCUT2D eigenvalue weighted by Crippen LogP contribution is -2.35. The molecule has 27 heavy (non-hydrogen) atoms. The number of carboxylic acids is 1. The molecule has 1 aromatic rings. The molecular weight excluding hydrogens is 364 g/mol. The zero-order valence-electron chi connectivity index (χ0n) is 15.1. The van der Waals surface area contributed by atoms with Crippen molar-refractivity contribution in [3.8, 4) is 0 Å². The topological polar surface area (TPSA) is 95.5 Å². The van der Waals surface area contributed by atoms with Crippen molar-refractivity contribution in [1.29, 1.82) is 0 Å². The van der Waals surface area contributed by atoms with Crippen LogP contribution in [-0.4, -0.2) is 28.9 Å². The van der Waals surface area contributed by atoms with Crippen LogP contribution in [0.25, 0.3) is 0 Å². The van der Waals surface area contributed by atoms with Gasteiger partial charge in [0.25, 0.3) is 5.91 Å². The number of aryl methyl sites for hydroxylation is 1. The Morgan fingerprint density at radius 3 is 2.44 bits per heavy atom. The third-order valence-corrected chi connectivity index (χ3v) is 6.84. The minimum absolute atomic E-state index is 0.106. The number of allylic oxidation sites excluding steroid dienone is 2. The van der Waals surface area contributed by atoms with Crippen LogP contribution in [-0.2, 0) is 22.4 Å². The minimum Gasteiger partial charge on any atom is -0.481 e. The molecule has 6 nitrogen and oxygen atoms in total. The normalized spacial score (nSPS) is 24.1. The summed E-state index contributed by atoms with van der Waals surface area (Å²) in [6.45, 7) is 0. The van der Waals surface area contributed by atoms with Gasteiger partial charge in [-0.2, -0.15) is 0 Å². The van der Waals surface area contributed by atoms with E-state index in [1.54, 1.807) is 0 Å². The third kappa shape index (κ3) is 3.78. The number of hydrogen-bond donors (Lipinski definition) is 3. The summed E-state index contributed by atoms with van der Waals surface area (Å²) in [5.41, 5.74) is 1.67. The second-order valence-corrected chi connectivity index (χ2v) is 8.75. The summed E-state index contributed by atoms with van der Waals surface area (Å²) in [6, 6.07) is 0.250. The lowest BCUT2D eigenvalue weighted by Gasteiger charge is -2.24. The summed E-state index contributed by atoms with van der Waals surface area (Å²) < 4.78 is 0. The van der Waals surface area contributed by atoms with Crippen LogP contribution < -0.4 is 10.6 Å². The van der Waals surface area contributed by atoms with E-state index in [1.807, 2.05) is 12.2 Å². The number of amides is 2. The molecule has 1 aromatic heterocycles. The number of aliphatic carboxylic acids is 1. The summed E-state index contributed by atoms with van der Waals surface area (Å²) in [6.07, 6.45) is 10.4. The summed E-state index contributed by atoms with van der Waals surface area (Å²) >= 11 is 1.48. The van der Waals surface area contributed by atoms with Crippen molar-refractivity contribution in [3.05, 3.63) is 28.2 Å². The number of nitrogens with one attached hydrogen (secondary N) is 2. The Morgan fingerprint density at radius 1 is 1.04 bits per heavy atom. The van der Waals surface area contributed by atoms with Gasteiger partial charge in [-0.1, -0.05) is 12.2 Å². The molecule has 7 heteroatoms. The number of anilines is 1. The zero-order chi connectivity index (χ0) is 19.0. The summed E-state index contributed by atoms with van der Waals surface area (Å²) in [4.78, 5) is 38.4. The second kappa shape index (κ2) is 7.46. The molecule has 2 amide bonds. The lowest BCUT2D eigenvalue weighted by molar-refractivity contribution is -0.146. The van der Waals surface area contributed by atoms with E-state index in [0.29, 0.717) is 23.4 Å². The Bertz CT molecular complexity index is 809. The molecule has 0 aromatic carbocycles. The SMILES string of the molecule is O=C(NC1CC1)c1c(NC(=O)[C@@H]2CC=CC[C@H]2C(=O)O)sc2c1CCCC2. The smallest absolute Gasteiger partial charge is 0.307 e. The number of thiophene rings is 1. The maximum Gasteiger partial charge on any atom is 0.307 e. The van der Waals surface area contributed by atoms with Crippen molar-refractivity contribution >= 4 is 34.1 Å². The monoisotopic (exact) mass is 388 g/mol. The third-order valence-electron chi connectivity index (χ3n) is 5.63. The molecule has 1 saturated carbocycles. The molecule has 0 aliphatic heterocycles. The number of rotatable bonds is 5. The van der Waals surface area contributed by atoms with Gasteiger partial charge in [0.1, 0.15) is 5.00 Å². The van der Waals surface area contributed by atoms with Crippen molar-refractivity contribution in [2.24, 2.45) is 11.8 Å². The van der Waals surface area contributed by atoms with E-state index in [0.717, 1.165) is 44.1 Å². The maximum absolute atomic E-state index is 12.9. The van der Waals surface area contributed by atoms with Crippen LogP contribution >= 0.6 is 11.3 Å². The highest BCUT2D eigenvalue weighted by atomic mass is 32.1. The van der Waals surface area contributed by atoms with Gasteiger partial charge in [0.05, 0.1) is 17.4 Å². The van der Waals surface area contributed by atoms with Crippen LogP contribution in [0.15, 0.2) is 12.2 Å². The quantitative estimate of drug-likeness (QED) is 0.675. The molecule has 3 aliphatic carbocycles. The second-order valence-electron chi connectivity index (χ2n) is 7.65. The highest BCUT2D eigenvalue weighted by Gasteiger charge is 2.36. The number of carbonyl (C=O) groups is 3. The van der Waals surface area contributed by atoms with Gasteiger partial charge in [-0.3, -0.25) is 14.4 Å². The number of hydrogen-bond acceptors (Lipinski definition) is 4. The first-order valence-electron chi connectivity index (χ1n) is 9.68. The average Bonchev–Trinajstić information content (AvgIpc) is 3.39. The van der Waals surface area contributed by atoms with Crippen molar-refractivity contribution in [3.63, 3.8) is 0 Å². The summed E-state index contributed by atoms with van der Waals surface area (Å²) in [5, 5.41) is 16.0.